The lowest BCUT2D eigenvalue weighted by Gasteiger charge is -2.09. The molecule has 2 N–H and O–H groups in total. The Morgan fingerprint density at radius 1 is 1.67 bits per heavy atom. The van der Waals surface area contributed by atoms with Crippen LogP contribution >= 0.6 is 11.8 Å². The van der Waals surface area contributed by atoms with E-state index in [1.807, 2.05) is 11.8 Å². The summed E-state index contributed by atoms with van der Waals surface area (Å²) in [6.07, 6.45) is 1.31. The molecule has 2 aliphatic rings. The summed E-state index contributed by atoms with van der Waals surface area (Å²) in [5.74, 6) is 1.97. The molecule has 2 rings (SSSR count). The molecule has 1 fully saturated rings. The first-order chi connectivity index (χ1) is 5.95. The van der Waals surface area contributed by atoms with E-state index in [-0.39, 0.29) is 0 Å². The van der Waals surface area contributed by atoms with E-state index in [0.717, 1.165) is 29.9 Å². The van der Waals surface area contributed by atoms with Crippen molar-refractivity contribution in [1.82, 2.24) is 10.6 Å². The van der Waals surface area contributed by atoms with Gasteiger partial charge in [0.15, 0.2) is 5.17 Å². The van der Waals surface area contributed by atoms with Crippen LogP contribution in [0.15, 0.2) is 4.99 Å². The van der Waals surface area contributed by atoms with Gasteiger partial charge < -0.3 is 10.6 Å². The van der Waals surface area contributed by atoms with Gasteiger partial charge in [0.1, 0.15) is 0 Å². The average Bonchev–Trinajstić information content (AvgIpc) is 2.74. The summed E-state index contributed by atoms with van der Waals surface area (Å²) in [5, 5.41) is 7.91. The molecule has 0 spiro atoms. The normalized spacial score (nSPS) is 29.0. The molecule has 2 aliphatic heterocycles. The standard InChI is InChI=1S/C8H15N3S/c1-2-9-5-7(1)6-11-8-10-3-4-12-8/h7,9H,1-6H2,(H,10,11). The number of hydrogen-bond donors (Lipinski definition) is 2. The second-order valence-electron chi connectivity index (χ2n) is 3.28. The first-order valence-electron chi connectivity index (χ1n) is 4.57. The van der Waals surface area contributed by atoms with Crippen LogP contribution in [0.5, 0.6) is 0 Å². The van der Waals surface area contributed by atoms with E-state index in [0.29, 0.717) is 0 Å². The van der Waals surface area contributed by atoms with Crippen molar-refractivity contribution >= 4 is 16.9 Å². The lowest BCUT2D eigenvalue weighted by Crippen LogP contribution is -2.27. The third-order valence-electron chi connectivity index (χ3n) is 2.29. The van der Waals surface area contributed by atoms with E-state index in [1.165, 1.54) is 19.5 Å². The number of aliphatic imine (C=N–C) groups is 1. The zero-order valence-electron chi connectivity index (χ0n) is 7.18. The van der Waals surface area contributed by atoms with Gasteiger partial charge in [0.05, 0.1) is 6.54 Å². The first kappa shape index (κ1) is 8.38. The highest BCUT2D eigenvalue weighted by Crippen LogP contribution is 2.11. The summed E-state index contributed by atoms with van der Waals surface area (Å²) in [7, 11) is 0. The van der Waals surface area contributed by atoms with Crippen molar-refractivity contribution in [3.05, 3.63) is 0 Å². The number of amidine groups is 1. The Kier molecular flexibility index (Phi) is 2.89. The molecule has 1 saturated heterocycles. The fourth-order valence-electron chi connectivity index (χ4n) is 1.56. The topological polar surface area (TPSA) is 36.4 Å². The molecule has 2 heterocycles. The number of rotatable bonds is 2. The van der Waals surface area contributed by atoms with Crippen molar-refractivity contribution in [3.8, 4) is 0 Å². The summed E-state index contributed by atoms with van der Waals surface area (Å²) < 4.78 is 0. The van der Waals surface area contributed by atoms with Gasteiger partial charge in [-0.3, -0.25) is 4.99 Å². The van der Waals surface area contributed by atoms with E-state index >= 15 is 0 Å². The maximum absolute atomic E-state index is 4.34. The fourth-order valence-corrected chi connectivity index (χ4v) is 2.31. The van der Waals surface area contributed by atoms with Crippen LogP contribution in [0, 0.1) is 5.92 Å². The van der Waals surface area contributed by atoms with Crippen LogP contribution in [0.2, 0.25) is 0 Å². The number of thioether (sulfide) groups is 1. The highest BCUT2D eigenvalue weighted by Gasteiger charge is 2.15. The minimum atomic E-state index is 0.814. The van der Waals surface area contributed by atoms with Crippen LogP contribution in [0.1, 0.15) is 6.42 Å². The molecule has 0 radical (unpaired) electrons. The monoisotopic (exact) mass is 185 g/mol. The summed E-state index contributed by atoms with van der Waals surface area (Å²) in [6, 6.07) is 0. The molecular weight excluding hydrogens is 170 g/mol. The zero-order valence-corrected chi connectivity index (χ0v) is 7.99. The van der Waals surface area contributed by atoms with Gasteiger partial charge in [0, 0.05) is 12.3 Å². The van der Waals surface area contributed by atoms with Crippen LogP contribution in [0.4, 0.5) is 0 Å². The van der Waals surface area contributed by atoms with Crippen molar-refractivity contribution in [2.75, 3.05) is 31.9 Å². The largest absolute Gasteiger partial charge is 0.365 e. The molecule has 0 saturated carbocycles. The van der Waals surface area contributed by atoms with Gasteiger partial charge in [-0.1, -0.05) is 11.8 Å². The quantitative estimate of drug-likeness (QED) is 0.649. The van der Waals surface area contributed by atoms with Gasteiger partial charge in [-0.2, -0.15) is 0 Å². The Balaban J connectivity index is 1.67. The highest BCUT2D eigenvalue weighted by atomic mass is 32.2. The van der Waals surface area contributed by atoms with Crippen LogP contribution in [-0.4, -0.2) is 37.1 Å². The molecule has 1 unspecified atom stereocenters. The third kappa shape index (κ3) is 2.14. The molecule has 0 aliphatic carbocycles. The second kappa shape index (κ2) is 4.14. The van der Waals surface area contributed by atoms with Gasteiger partial charge >= 0.3 is 0 Å². The molecule has 0 aromatic rings. The SMILES string of the molecule is C1CSC(NCC2CCNC2)=N1. The summed E-state index contributed by atoms with van der Waals surface area (Å²) in [4.78, 5) is 4.34. The maximum Gasteiger partial charge on any atom is 0.156 e. The summed E-state index contributed by atoms with van der Waals surface area (Å²) in [6.45, 7) is 4.45. The number of nitrogens with one attached hydrogen (secondary N) is 2. The molecule has 0 aromatic heterocycles. The molecule has 68 valence electrons. The minimum absolute atomic E-state index is 0.814. The van der Waals surface area contributed by atoms with Gasteiger partial charge in [0.25, 0.3) is 0 Å². The molecular formula is C8H15N3S. The van der Waals surface area contributed by atoms with Crippen molar-refractivity contribution in [2.24, 2.45) is 10.9 Å². The first-order valence-corrected chi connectivity index (χ1v) is 5.55. The van der Waals surface area contributed by atoms with Gasteiger partial charge in [-0.15, -0.1) is 0 Å². The minimum Gasteiger partial charge on any atom is -0.365 e. The second-order valence-corrected chi connectivity index (χ2v) is 4.36. The van der Waals surface area contributed by atoms with Gasteiger partial charge in [0.2, 0.25) is 0 Å². The van der Waals surface area contributed by atoms with E-state index < -0.39 is 0 Å². The zero-order chi connectivity index (χ0) is 8.23. The Labute approximate surface area is 77.4 Å². The molecule has 4 heteroatoms. The average molecular weight is 185 g/mol. The molecule has 1 atom stereocenters. The van der Waals surface area contributed by atoms with Crippen molar-refractivity contribution in [1.29, 1.82) is 0 Å². The van der Waals surface area contributed by atoms with E-state index in [9.17, 15) is 0 Å². The molecule has 0 bridgehead atoms. The van der Waals surface area contributed by atoms with Crippen LogP contribution in [0.25, 0.3) is 0 Å². The Hall–Kier alpha value is -0.220. The van der Waals surface area contributed by atoms with Crippen LogP contribution < -0.4 is 10.6 Å². The smallest absolute Gasteiger partial charge is 0.156 e. The van der Waals surface area contributed by atoms with Gasteiger partial charge in [-0.05, 0) is 25.4 Å². The molecule has 3 nitrogen and oxygen atoms in total. The van der Waals surface area contributed by atoms with Crippen molar-refractivity contribution < 1.29 is 0 Å². The lowest BCUT2D eigenvalue weighted by atomic mass is 10.1. The Bertz CT molecular complexity index is 175. The predicted molar refractivity (Wildman–Crippen MR) is 53.7 cm³/mol. The van der Waals surface area contributed by atoms with E-state index in [1.54, 1.807) is 0 Å². The predicted octanol–water partition coefficient (Wildman–Crippen LogP) is 0.288. The van der Waals surface area contributed by atoms with Crippen molar-refractivity contribution in [2.45, 2.75) is 6.42 Å². The van der Waals surface area contributed by atoms with Crippen LogP contribution in [0.3, 0.4) is 0 Å². The van der Waals surface area contributed by atoms with Crippen molar-refractivity contribution in [3.63, 3.8) is 0 Å². The lowest BCUT2D eigenvalue weighted by molar-refractivity contribution is 0.568. The molecule has 0 amide bonds. The van der Waals surface area contributed by atoms with Crippen LogP contribution in [-0.2, 0) is 0 Å². The molecule has 12 heavy (non-hydrogen) atoms. The highest BCUT2D eigenvalue weighted by molar-refractivity contribution is 8.14. The Morgan fingerprint density at radius 3 is 3.33 bits per heavy atom. The van der Waals surface area contributed by atoms with Gasteiger partial charge in [-0.25, -0.2) is 0 Å². The summed E-state index contributed by atoms with van der Waals surface area (Å²) in [5.41, 5.74) is 0. The van der Waals surface area contributed by atoms with E-state index in [4.69, 9.17) is 0 Å². The third-order valence-corrected chi connectivity index (χ3v) is 3.22. The number of hydrogen-bond acceptors (Lipinski definition) is 4. The van der Waals surface area contributed by atoms with E-state index in [2.05, 4.69) is 15.6 Å². The Morgan fingerprint density at radius 2 is 2.67 bits per heavy atom. The molecule has 0 aromatic carbocycles. The fraction of sp³-hybridized carbons (Fsp3) is 0.875. The number of nitrogens with zero attached hydrogens (tertiary/aromatic N) is 1. The maximum atomic E-state index is 4.34. The summed E-state index contributed by atoms with van der Waals surface area (Å²) >= 11 is 1.84.